The molecule has 180 valence electrons. The van der Waals surface area contributed by atoms with E-state index in [-0.39, 0.29) is 35.6 Å². The Labute approximate surface area is 195 Å². The monoisotopic (exact) mass is 469 g/mol. The molecule has 2 aliphatic heterocycles. The Hall–Kier alpha value is -3.89. The summed E-state index contributed by atoms with van der Waals surface area (Å²) in [5.74, 6) is -1.56. The highest BCUT2D eigenvalue weighted by Crippen LogP contribution is 2.31. The number of hydrogen-bond acceptors (Lipinski definition) is 8. The second-order valence-corrected chi connectivity index (χ2v) is 8.21. The van der Waals surface area contributed by atoms with Gasteiger partial charge in [-0.05, 0) is 44.0 Å². The summed E-state index contributed by atoms with van der Waals surface area (Å²) in [5, 5.41) is 5.36. The highest BCUT2D eigenvalue weighted by Gasteiger charge is 2.36. The Morgan fingerprint density at radius 1 is 1.24 bits per heavy atom. The fraction of sp³-hybridized carbons (Fsp3) is 0.435. The van der Waals surface area contributed by atoms with Crippen molar-refractivity contribution in [2.75, 3.05) is 42.3 Å². The molecular weight excluding hydrogens is 442 g/mol. The van der Waals surface area contributed by atoms with Gasteiger partial charge in [-0.1, -0.05) is 0 Å². The molecule has 0 bridgehead atoms. The van der Waals surface area contributed by atoms with E-state index in [1.807, 2.05) is 0 Å². The first-order chi connectivity index (χ1) is 16.4. The van der Waals surface area contributed by atoms with E-state index in [0.29, 0.717) is 37.6 Å². The summed E-state index contributed by atoms with van der Waals surface area (Å²) in [5.41, 5.74) is 0.110. The molecule has 1 saturated heterocycles. The third-order valence-electron chi connectivity index (χ3n) is 5.95. The van der Waals surface area contributed by atoms with E-state index in [9.17, 15) is 19.2 Å². The van der Waals surface area contributed by atoms with Crippen LogP contribution in [0.3, 0.4) is 0 Å². The number of nitrogens with one attached hydrogen (secondary N) is 3. The first kappa shape index (κ1) is 23.3. The van der Waals surface area contributed by atoms with Crippen molar-refractivity contribution in [1.82, 2.24) is 9.97 Å². The van der Waals surface area contributed by atoms with Crippen LogP contribution in [0.15, 0.2) is 29.1 Å². The Morgan fingerprint density at radius 2 is 2.00 bits per heavy atom. The van der Waals surface area contributed by atoms with E-state index in [1.54, 1.807) is 43.2 Å². The van der Waals surface area contributed by atoms with Gasteiger partial charge in [0.05, 0.1) is 31.1 Å². The number of hydrogen-bond donors (Lipinski definition) is 3. The number of piperidine rings is 1. The standard InChI is InChI=1S/C23H27N5O6/c1-3-34-22(32)13-5-4-10-28(12-13)23-26-19-18(21(31)27-23)16(11-17(29)25-19)20(30)24-14-6-8-15(33-2)9-7-14/h6-9,13,16H,3-5,10-12H2,1-2H3,(H,24,30)(H2,25,26,27,29,31). The summed E-state index contributed by atoms with van der Waals surface area (Å²) in [4.78, 5) is 59.5. The van der Waals surface area contributed by atoms with Crippen molar-refractivity contribution >= 4 is 35.2 Å². The second kappa shape index (κ2) is 9.94. The average Bonchev–Trinajstić information content (AvgIpc) is 2.84. The zero-order valence-electron chi connectivity index (χ0n) is 19.1. The predicted molar refractivity (Wildman–Crippen MR) is 124 cm³/mol. The van der Waals surface area contributed by atoms with Crippen LogP contribution in [0.5, 0.6) is 5.75 Å². The Morgan fingerprint density at radius 3 is 2.71 bits per heavy atom. The molecule has 4 rings (SSSR count). The molecule has 11 nitrogen and oxygen atoms in total. The quantitative estimate of drug-likeness (QED) is 0.542. The minimum Gasteiger partial charge on any atom is -0.497 e. The molecule has 0 aliphatic carbocycles. The van der Waals surface area contributed by atoms with Gasteiger partial charge in [0, 0.05) is 25.2 Å². The minimum atomic E-state index is -0.996. The van der Waals surface area contributed by atoms with Crippen molar-refractivity contribution in [2.24, 2.45) is 5.92 Å². The number of H-pyrrole nitrogens is 1. The fourth-order valence-corrected chi connectivity index (χ4v) is 4.26. The van der Waals surface area contributed by atoms with Crippen molar-refractivity contribution in [2.45, 2.75) is 32.1 Å². The first-order valence-corrected chi connectivity index (χ1v) is 11.2. The normalized spacial score (nSPS) is 19.6. The van der Waals surface area contributed by atoms with Crippen molar-refractivity contribution < 1.29 is 23.9 Å². The zero-order chi connectivity index (χ0) is 24.2. The molecule has 0 radical (unpaired) electrons. The number of benzene rings is 1. The zero-order valence-corrected chi connectivity index (χ0v) is 19.1. The number of ether oxygens (including phenoxy) is 2. The molecule has 3 heterocycles. The molecule has 11 heteroatoms. The van der Waals surface area contributed by atoms with Gasteiger partial charge >= 0.3 is 5.97 Å². The summed E-state index contributed by atoms with van der Waals surface area (Å²) in [6.45, 7) is 2.99. The molecule has 34 heavy (non-hydrogen) atoms. The maximum absolute atomic E-state index is 13.0. The summed E-state index contributed by atoms with van der Waals surface area (Å²) >= 11 is 0. The lowest BCUT2D eigenvalue weighted by Crippen LogP contribution is -2.42. The lowest BCUT2D eigenvalue weighted by molar-refractivity contribution is -0.148. The van der Waals surface area contributed by atoms with Crippen LogP contribution in [0.25, 0.3) is 0 Å². The van der Waals surface area contributed by atoms with Crippen LogP contribution < -0.4 is 25.8 Å². The van der Waals surface area contributed by atoms with Gasteiger partial charge in [-0.3, -0.25) is 24.2 Å². The number of methoxy groups -OCH3 is 1. The van der Waals surface area contributed by atoms with Crippen LogP contribution in [0, 0.1) is 5.92 Å². The number of rotatable bonds is 6. The first-order valence-electron chi connectivity index (χ1n) is 11.2. The van der Waals surface area contributed by atoms with Gasteiger partial charge in [-0.2, -0.15) is 4.98 Å². The Kier molecular flexibility index (Phi) is 6.80. The van der Waals surface area contributed by atoms with E-state index >= 15 is 0 Å². The van der Waals surface area contributed by atoms with Crippen molar-refractivity contribution in [1.29, 1.82) is 0 Å². The van der Waals surface area contributed by atoms with E-state index in [1.165, 1.54) is 0 Å². The molecule has 2 amide bonds. The number of aromatic nitrogens is 2. The van der Waals surface area contributed by atoms with E-state index < -0.39 is 23.3 Å². The highest BCUT2D eigenvalue weighted by molar-refractivity contribution is 6.04. The largest absolute Gasteiger partial charge is 0.497 e. The summed E-state index contributed by atoms with van der Waals surface area (Å²) < 4.78 is 10.2. The van der Waals surface area contributed by atoms with Crippen molar-refractivity contribution in [3.63, 3.8) is 0 Å². The molecule has 1 aromatic heterocycles. The van der Waals surface area contributed by atoms with Crippen LogP contribution in [0.4, 0.5) is 17.5 Å². The number of carbonyl (C=O) groups is 3. The lowest BCUT2D eigenvalue weighted by atomic mass is 9.92. The topological polar surface area (TPSA) is 143 Å². The molecule has 0 saturated carbocycles. The summed E-state index contributed by atoms with van der Waals surface area (Å²) in [6, 6.07) is 6.73. The van der Waals surface area contributed by atoms with Crippen LogP contribution in [0.1, 0.15) is 37.7 Å². The number of nitrogens with zero attached hydrogens (tertiary/aromatic N) is 2. The predicted octanol–water partition coefficient (Wildman–Crippen LogP) is 1.62. The number of aromatic amines is 1. The molecule has 2 aromatic rings. The smallest absolute Gasteiger partial charge is 0.310 e. The van der Waals surface area contributed by atoms with Gasteiger partial charge in [-0.25, -0.2) is 0 Å². The number of anilines is 3. The van der Waals surface area contributed by atoms with Crippen LogP contribution in [-0.2, 0) is 19.1 Å². The Bertz CT molecular complexity index is 1150. The third kappa shape index (κ3) is 4.87. The molecule has 1 fully saturated rings. The van der Waals surface area contributed by atoms with Crippen LogP contribution >= 0.6 is 0 Å². The molecule has 2 aliphatic rings. The summed E-state index contributed by atoms with van der Waals surface area (Å²) in [6.07, 6.45) is 1.24. The second-order valence-electron chi connectivity index (χ2n) is 8.21. The fourth-order valence-electron chi connectivity index (χ4n) is 4.26. The van der Waals surface area contributed by atoms with Gasteiger partial charge in [0.15, 0.2) is 0 Å². The van der Waals surface area contributed by atoms with E-state index in [4.69, 9.17) is 9.47 Å². The average molecular weight is 469 g/mol. The number of fused-ring (bicyclic) bond motifs is 1. The maximum Gasteiger partial charge on any atom is 0.310 e. The molecule has 2 atom stereocenters. The number of carbonyl (C=O) groups excluding carboxylic acids is 3. The minimum absolute atomic E-state index is 0.0585. The van der Waals surface area contributed by atoms with E-state index in [0.717, 1.165) is 6.42 Å². The number of amides is 2. The summed E-state index contributed by atoms with van der Waals surface area (Å²) in [7, 11) is 1.54. The van der Waals surface area contributed by atoms with Gasteiger partial charge in [-0.15, -0.1) is 0 Å². The molecule has 3 N–H and O–H groups in total. The highest BCUT2D eigenvalue weighted by atomic mass is 16.5. The molecule has 2 unspecified atom stereocenters. The molecule has 0 spiro atoms. The lowest BCUT2D eigenvalue weighted by Gasteiger charge is -2.32. The van der Waals surface area contributed by atoms with Crippen LogP contribution in [0.2, 0.25) is 0 Å². The van der Waals surface area contributed by atoms with Gasteiger partial charge in [0.25, 0.3) is 5.56 Å². The third-order valence-corrected chi connectivity index (χ3v) is 5.95. The van der Waals surface area contributed by atoms with Crippen molar-refractivity contribution in [3.8, 4) is 5.75 Å². The van der Waals surface area contributed by atoms with Gasteiger partial charge < -0.3 is 25.0 Å². The Balaban J connectivity index is 1.57. The van der Waals surface area contributed by atoms with Gasteiger partial charge in [0.1, 0.15) is 11.6 Å². The molecule has 1 aromatic carbocycles. The van der Waals surface area contributed by atoms with Crippen LogP contribution in [-0.4, -0.2) is 54.6 Å². The molecular formula is C23H27N5O6. The SMILES string of the molecule is CCOC(=O)C1CCCN(c2nc3c(c(=O)[nH]2)C(C(=O)Nc2ccc(OC)cc2)CC(=O)N3)C1. The number of esters is 1. The van der Waals surface area contributed by atoms with E-state index in [2.05, 4.69) is 20.6 Å². The maximum atomic E-state index is 13.0. The van der Waals surface area contributed by atoms with Crippen molar-refractivity contribution in [3.05, 3.63) is 40.2 Å². The van der Waals surface area contributed by atoms with Gasteiger partial charge in [0.2, 0.25) is 17.8 Å².